The lowest BCUT2D eigenvalue weighted by molar-refractivity contribution is 0.420. The molecule has 1 N–H and O–H groups in total. The summed E-state index contributed by atoms with van der Waals surface area (Å²) < 4.78 is 0. The molecule has 1 heterocycles. The largest absolute Gasteiger partial charge is 0.306 e. The Kier molecular flexibility index (Phi) is 3.30. The topological polar surface area (TPSA) is 37.8 Å². The molecule has 1 aliphatic carbocycles. The van der Waals surface area contributed by atoms with E-state index in [1.54, 1.807) is 0 Å². The van der Waals surface area contributed by atoms with E-state index in [4.69, 9.17) is 4.98 Å². The molecule has 1 atom stereocenters. The molecular weight excluding hydrogens is 246 g/mol. The third kappa shape index (κ3) is 2.73. The van der Waals surface area contributed by atoms with Gasteiger partial charge in [0, 0.05) is 24.2 Å². The summed E-state index contributed by atoms with van der Waals surface area (Å²) >= 11 is 0. The highest BCUT2D eigenvalue weighted by molar-refractivity contribution is 5.43. The van der Waals surface area contributed by atoms with Gasteiger partial charge in [0.2, 0.25) is 0 Å². The van der Waals surface area contributed by atoms with Gasteiger partial charge in [0.05, 0.1) is 5.69 Å². The van der Waals surface area contributed by atoms with Crippen LogP contribution >= 0.6 is 0 Å². The van der Waals surface area contributed by atoms with Crippen molar-refractivity contribution >= 4 is 0 Å². The van der Waals surface area contributed by atoms with Crippen molar-refractivity contribution in [3.63, 3.8) is 0 Å². The van der Waals surface area contributed by atoms with Crippen LogP contribution in [0.5, 0.6) is 0 Å². The van der Waals surface area contributed by atoms with Crippen molar-refractivity contribution in [3.8, 4) is 0 Å². The first-order valence-electron chi connectivity index (χ1n) is 7.17. The molecule has 104 valence electrons. The first-order chi connectivity index (χ1) is 9.53. The molecule has 0 aliphatic heterocycles. The van der Waals surface area contributed by atoms with Gasteiger partial charge in [-0.05, 0) is 44.4 Å². The molecule has 1 aliphatic rings. The smallest absolute Gasteiger partial charge is 0.136 e. The maximum absolute atomic E-state index is 4.72. The lowest BCUT2D eigenvalue weighted by atomic mass is 9.77. The summed E-state index contributed by atoms with van der Waals surface area (Å²) in [6, 6.07) is 10.6. The summed E-state index contributed by atoms with van der Waals surface area (Å²) in [6.45, 7) is 7.28. The fourth-order valence-corrected chi connectivity index (χ4v) is 2.52. The Morgan fingerprint density at radius 1 is 1.20 bits per heavy atom. The lowest BCUT2D eigenvalue weighted by Crippen LogP contribution is -2.35. The van der Waals surface area contributed by atoms with Gasteiger partial charge in [-0.1, -0.05) is 24.3 Å². The first kappa shape index (κ1) is 13.3. The van der Waals surface area contributed by atoms with Crippen LogP contribution in [0.2, 0.25) is 0 Å². The van der Waals surface area contributed by atoms with Gasteiger partial charge in [0.25, 0.3) is 0 Å². The third-order valence-corrected chi connectivity index (χ3v) is 3.70. The average Bonchev–Trinajstić information content (AvgIpc) is 2.38. The Hall–Kier alpha value is -1.74. The highest BCUT2D eigenvalue weighted by Gasteiger charge is 2.29. The molecule has 0 radical (unpaired) electrons. The van der Waals surface area contributed by atoms with Crippen molar-refractivity contribution in [1.29, 1.82) is 0 Å². The number of rotatable bonds is 3. The molecule has 1 aromatic carbocycles. The second-order valence-corrected chi connectivity index (χ2v) is 6.47. The fraction of sp³-hybridized carbons (Fsp3) is 0.412. The van der Waals surface area contributed by atoms with E-state index in [0.29, 0.717) is 5.92 Å². The Labute approximate surface area is 120 Å². The Morgan fingerprint density at radius 3 is 2.75 bits per heavy atom. The normalized spacial score (nSPS) is 17.4. The number of nitrogens with one attached hydrogen (secondary N) is 1. The number of hydrogen-bond donors (Lipinski definition) is 1. The van der Waals surface area contributed by atoms with E-state index in [9.17, 15) is 0 Å². The van der Waals surface area contributed by atoms with Crippen LogP contribution in [0.25, 0.3) is 0 Å². The van der Waals surface area contributed by atoms with Crippen molar-refractivity contribution in [3.05, 3.63) is 59.2 Å². The number of fused-ring (bicyclic) bond motifs is 1. The van der Waals surface area contributed by atoms with E-state index in [2.05, 4.69) is 55.3 Å². The molecule has 20 heavy (non-hydrogen) atoms. The Morgan fingerprint density at radius 2 is 2.00 bits per heavy atom. The highest BCUT2D eigenvalue weighted by atomic mass is 15.0. The molecule has 0 saturated heterocycles. The van der Waals surface area contributed by atoms with Gasteiger partial charge in [-0.25, -0.2) is 9.97 Å². The number of hydrogen-bond acceptors (Lipinski definition) is 3. The molecule has 3 nitrogen and oxygen atoms in total. The summed E-state index contributed by atoms with van der Waals surface area (Å²) in [5, 5.41) is 3.47. The summed E-state index contributed by atoms with van der Waals surface area (Å²) in [5.41, 5.74) is 3.98. The van der Waals surface area contributed by atoms with Gasteiger partial charge < -0.3 is 5.32 Å². The number of nitrogens with zero attached hydrogens (tertiary/aromatic N) is 2. The van der Waals surface area contributed by atoms with Gasteiger partial charge in [0.1, 0.15) is 5.82 Å². The first-order valence-corrected chi connectivity index (χ1v) is 7.17. The predicted molar refractivity (Wildman–Crippen MR) is 80.6 cm³/mol. The van der Waals surface area contributed by atoms with Crippen LogP contribution < -0.4 is 5.32 Å². The van der Waals surface area contributed by atoms with Crippen molar-refractivity contribution < 1.29 is 0 Å². The minimum absolute atomic E-state index is 0.105. The Bertz CT molecular complexity index is 614. The van der Waals surface area contributed by atoms with E-state index in [-0.39, 0.29) is 5.54 Å². The van der Waals surface area contributed by atoms with Crippen molar-refractivity contribution in [2.75, 3.05) is 0 Å². The predicted octanol–water partition coefficient (Wildman–Crippen LogP) is 3.05. The van der Waals surface area contributed by atoms with Gasteiger partial charge in [-0.15, -0.1) is 0 Å². The summed E-state index contributed by atoms with van der Waals surface area (Å²) in [6.07, 6.45) is 2.94. The number of aromatic nitrogens is 2. The monoisotopic (exact) mass is 267 g/mol. The van der Waals surface area contributed by atoms with Crippen LogP contribution in [-0.2, 0) is 13.0 Å². The fourth-order valence-electron chi connectivity index (χ4n) is 2.52. The van der Waals surface area contributed by atoms with Crippen molar-refractivity contribution in [2.24, 2.45) is 0 Å². The minimum atomic E-state index is 0.105. The lowest BCUT2D eigenvalue weighted by Gasteiger charge is -2.29. The SMILES string of the molecule is CC(C)(C)NCc1ccnc(C2Cc3ccccc32)n1. The zero-order valence-corrected chi connectivity index (χ0v) is 12.4. The summed E-state index contributed by atoms with van der Waals surface area (Å²) in [4.78, 5) is 9.19. The van der Waals surface area contributed by atoms with Crippen molar-refractivity contribution in [1.82, 2.24) is 15.3 Å². The van der Waals surface area contributed by atoms with Gasteiger partial charge in [-0.3, -0.25) is 0 Å². The van der Waals surface area contributed by atoms with Crippen LogP contribution in [0.4, 0.5) is 0 Å². The van der Waals surface area contributed by atoms with Gasteiger partial charge >= 0.3 is 0 Å². The maximum Gasteiger partial charge on any atom is 0.136 e. The molecular formula is C17H21N3. The van der Waals surface area contributed by atoms with E-state index >= 15 is 0 Å². The molecule has 0 spiro atoms. The molecule has 0 saturated carbocycles. The number of benzene rings is 1. The van der Waals surface area contributed by atoms with Crippen LogP contribution in [0.15, 0.2) is 36.5 Å². The second kappa shape index (κ2) is 4.98. The third-order valence-electron chi connectivity index (χ3n) is 3.70. The zero-order valence-electron chi connectivity index (χ0n) is 12.4. The van der Waals surface area contributed by atoms with E-state index in [1.165, 1.54) is 11.1 Å². The van der Waals surface area contributed by atoms with Crippen LogP contribution in [-0.4, -0.2) is 15.5 Å². The van der Waals surface area contributed by atoms with Gasteiger partial charge in [0.15, 0.2) is 0 Å². The molecule has 0 amide bonds. The zero-order chi connectivity index (χ0) is 14.2. The molecule has 2 aromatic rings. The van der Waals surface area contributed by atoms with E-state index in [0.717, 1.165) is 24.5 Å². The van der Waals surface area contributed by atoms with Crippen LogP contribution in [0.3, 0.4) is 0 Å². The highest BCUT2D eigenvalue weighted by Crippen LogP contribution is 2.38. The van der Waals surface area contributed by atoms with E-state index in [1.807, 2.05) is 12.3 Å². The molecule has 1 unspecified atom stereocenters. The maximum atomic E-state index is 4.72. The van der Waals surface area contributed by atoms with Crippen molar-refractivity contribution in [2.45, 2.75) is 45.2 Å². The molecule has 0 bridgehead atoms. The molecule has 3 heteroatoms. The van der Waals surface area contributed by atoms with Crippen LogP contribution in [0.1, 0.15) is 49.3 Å². The minimum Gasteiger partial charge on any atom is -0.306 e. The molecule has 1 aromatic heterocycles. The second-order valence-electron chi connectivity index (χ2n) is 6.47. The summed E-state index contributed by atoms with van der Waals surface area (Å²) in [7, 11) is 0. The average molecular weight is 267 g/mol. The standard InChI is InChI=1S/C17H21N3/c1-17(2,3)19-11-13-8-9-18-16(20-13)15-10-12-6-4-5-7-14(12)15/h4-9,15,19H,10-11H2,1-3H3. The molecule has 3 rings (SSSR count). The van der Waals surface area contributed by atoms with Gasteiger partial charge in [-0.2, -0.15) is 0 Å². The van der Waals surface area contributed by atoms with Crippen LogP contribution in [0, 0.1) is 0 Å². The Balaban J connectivity index is 1.76. The quantitative estimate of drug-likeness (QED) is 0.928. The van der Waals surface area contributed by atoms with E-state index < -0.39 is 0 Å². The molecule has 0 fully saturated rings. The summed E-state index contributed by atoms with van der Waals surface area (Å²) in [5.74, 6) is 1.33.